The van der Waals surface area contributed by atoms with Crippen LogP contribution in [0, 0.1) is 5.82 Å². The zero-order chi connectivity index (χ0) is 26.8. The molecule has 2 aliphatic heterocycles. The highest BCUT2D eigenvalue weighted by Crippen LogP contribution is 2.27. The van der Waals surface area contributed by atoms with Crippen molar-refractivity contribution in [2.75, 3.05) is 13.1 Å². The fourth-order valence-electron chi connectivity index (χ4n) is 5.16. The Morgan fingerprint density at radius 2 is 1.92 bits per heavy atom. The predicted molar refractivity (Wildman–Crippen MR) is 148 cm³/mol. The minimum absolute atomic E-state index is 0.196. The maximum Gasteiger partial charge on any atom is 0.276 e. The van der Waals surface area contributed by atoms with Crippen molar-refractivity contribution in [3.8, 4) is 11.1 Å². The van der Waals surface area contributed by atoms with Gasteiger partial charge in [0.05, 0.1) is 11.6 Å². The van der Waals surface area contributed by atoms with E-state index in [9.17, 15) is 14.3 Å². The number of rotatable bonds is 6. The summed E-state index contributed by atoms with van der Waals surface area (Å²) in [5.41, 5.74) is 6.32. The van der Waals surface area contributed by atoms with Crippen LogP contribution in [-0.4, -0.2) is 56.0 Å². The van der Waals surface area contributed by atoms with E-state index in [1.807, 2.05) is 36.7 Å². The topological polar surface area (TPSA) is 106 Å². The fourth-order valence-corrected chi connectivity index (χ4v) is 5.16. The number of aliphatic imine (C=N–C) groups is 1. The third-order valence-corrected chi connectivity index (χ3v) is 7.31. The molecule has 4 heterocycles. The molecule has 0 radical (unpaired) electrons. The number of aromatic nitrogens is 3. The van der Waals surface area contributed by atoms with Gasteiger partial charge >= 0.3 is 0 Å². The first-order chi connectivity index (χ1) is 19.0. The van der Waals surface area contributed by atoms with Gasteiger partial charge in [-0.2, -0.15) is 5.10 Å². The molecule has 0 saturated carbocycles. The zero-order valence-corrected chi connectivity index (χ0v) is 21.4. The number of hydrogen-bond acceptors (Lipinski definition) is 6. The smallest absolute Gasteiger partial charge is 0.276 e. The number of aromatic amines is 1. The van der Waals surface area contributed by atoms with Crippen LogP contribution in [0.4, 0.5) is 4.39 Å². The first-order valence-electron chi connectivity index (χ1n) is 13.2. The van der Waals surface area contributed by atoms with E-state index in [1.165, 1.54) is 12.1 Å². The Kier molecular flexibility index (Phi) is 7.00. The number of halogens is 1. The lowest BCUT2D eigenvalue weighted by molar-refractivity contribution is 0.0792. The van der Waals surface area contributed by atoms with Crippen molar-refractivity contribution in [3.63, 3.8) is 0 Å². The van der Waals surface area contributed by atoms with Gasteiger partial charge in [0.2, 0.25) is 0 Å². The number of likely N-dealkylation sites (tertiary alicyclic amines) is 1. The minimum Gasteiger partial charge on any atom is -0.393 e. The van der Waals surface area contributed by atoms with Gasteiger partial charge in [0, 0.05) is 60.6 Å². The highest BCUT2D eigenvalue weighted by atomic mass is 19.1. The van der Waals surface area contributed by atoms with E-state index in [-0.39, 0.29) is 17.8 Å². The summed E-state index contributed by atoms with van der Waals surface area (Å²) < 4.78 is 13.6. The van der Waals surface area contributed by atoms with Gasteiger partial charge in [0.1, 0.15) is 5.82 Å². The van der Waals surface area contributed by atoms with E-state index in [4.69, 9.17) is 0 Å². The van der Waals surface area contributed by atoms with E-state index < -0.39 is 0 Å². The highest BCUT2D eigenvalue weighted by Gasteiger charge is 2.19. The lowest BCUT2D eigenvalue weighted by atomic mass is 10.0. The summed E-state index contributed by atoms with van der Waals surface area (Å²) in [4.78, 5) is 24.4. The molecule has 0 unspecified atom stereocenters. The maximum absolute atomic E-state index is 13.6. The van der Waals surface area contributed by atoms with Crippen LogP contribution in [0.5, 0.6) is 0 Å². The number of amides is 1. The van der Waals surface area contributed by atoms with Crippen LogP contribution < -0.4 is 5.32 Å². The van der Waals surface area contributed by atoms with Crippen molar-refractivity contribution in [3.05, 3.63) is 95.5 Å². The number of carbonyl (C=O) groups excluding carboxylic acids is 1. The first kappa shape index (κ1) is 25.1. The number of pyridine rings is 1. The monoisotopic (exact) mass is 524 g/mol. The summed E-state index contributed by atoms with van der Waals surface area (Å²) in [6.45, 7) is 2.53. The Morgan fingerprint density at radius 1 is 1.05 bits per heavy atom. The Morgan fingerprint density at radius 3 is 2.72 bits per heavy atom. The summed E-state index contributed by atoms with van der Waals surface area (Å²) in [6, 6.07) is 14.4. The number of hydrogen-bond donors (Lipinski definition) is 3. The standard InChI is InChI=1S/C30H29FN6O2/c31-23-3-1-2-21(13-23)27-7-5-24(17-33-27)34-30(39)29-26-14-20(4-6-28(26)35-36-29)22-12-19(15-32-16-22)18-37-10-8-25(38)9-11-37/h1-4,6,12-17,25,38H,5,7-11,18H2,(H,34,39)(H,35,36). The molecular formula is C30H29FN6O2. The molecule has 2 aromatic heterocycles. The third-order valence-electron chi connectivity index (χ3n) is 7.31. The molecule has 1 fully saturated rings. The van der Waals surface area contributed by atoms with Crippen molar-refractivity contribution in [1.29, 1.82) is 0 Å². The van der Waals surface area contributed by atoms with Gasteiger partial charge in [-0.05, 0) is 72.7 Å². The quantitative estimate of drug-likeness (QED) is 0.343. The average molecular weight is 525 g/mol. The van der Waals surface area contributed by atoms with Crippen molar-refractivity contribution < 1.29 is 14.3 Å². The number of piperidine rings is 1. The minimum atomic E-state index is -0.312. The van der Waals surface area contributed by atoms with Crippen LogP contribution in [0.15, 0.2) is 77.8 Å². The van der Waals surface area contributed by atoms with Crippen LogP contribution in [0.1, 0.15) is 47.3 Å². The third kappa shape index (κ3) is 5.64. The van der Waals surface area contributed by atoms with Crippen LogP contribution in [0.2, 0.25) is 0 Å². The van der Waals surface area contributed by atoms with E-state index in [1.54, 1.807) is 12.3 Å². The Bertz CT molecular complexity index is 1590. The Labute approximate surface area is 225 Å². The summed E-state index contributed by atoms with van der Waals surface area (Å²) in [7, 11) is 0. The molecule has 3 N–H and O–H groups in total. The van der Waals surface area contributed by atoms with Crippen LogP contribution >= 0.6 is 0 Å². The molecule has 0 atom stereocenters. The molecule has 8 nitrogen and oxygen atoms in total. The molecule has 2 aromatic carbocycles. The largest absolute Gasteiger partial charge is 0.393 e. The number of H-pyrrole nitrogens is 1. The molecule has 1 amide bonds. The lowest BCUT2D eigenvalue weighted by Gasteiger charge is -2.29. The van der Waals surface area contributed by atoms with E-state index >= 15 is 0 Å². The molecular weight excluding hydrogens is 495 g/mol. The van der Waals surface area contributed by atoms with Crippen LogP contribution in [0.25, 0.3) is 22.0 Å². The van der Waals surface area contributed by atoms with E-state index in [0.717, 1.165) is 71.3 Å². The molecule has 0 bridgehead atoms. The summed E-state index contributed by atoms with van der Waals surface area (Å²) in [6.07, 6.45) is 7.92. The zero-order valence-electron chi connectivity index (χ0n) is 21.4. The number of aliphatic hydroxyl groups is 1. The number of benzene rings is 2. The van der Waals surface area contributed by atoms with Crippen molar-refractivity contribution in [2.45, 2.75) is 38.3 Å². The Hall–Kier alpha value is -4.21. The second kappa shape index (κ2) is 10.9. The van der Waals surface area contributed by atoms with Gasteiger partial charge in [0.25, 0.3) is 5.91 Å². The summed E-state index contributed by atoms with van der Waals surface area (Å²) in [5, 5.41) is 20.7. The number of fused-ring (bicyclic) bond motifs is 1. The predicted octanol–water partition coefficient (Wildman–Crippen LogP) is 4.58. The second-order valence-corrected chi connectivity index (χ2v) is 10.1. The van der Waals surface area contributed by atoms with Gasteiger partial charge in [-0.1, -0.05) is 18.2 Å². The summed E-state index contributed by atoms with van der Waals surface area (Å²) in [5.74, 6) is -0.610. The van der Waals surface area contributed by atoms with Gasteiger partial charge in [-0.3, -0.25) is 24.8 Å². The van der Waals surface area contributed by atoms with Crippen LogP contribution in [-0.2, 0) is 6.54 Å². The average Bonchev–Trinajstić information content (AvgIpc) is 3.38. The molecule has 0 spiro atoms. The molecule has 1 saturated heterocycles. The summed E-state index contributed by atoms with van der Waals surface area (Å²) >= 11 is 0. The van der Waals surface area contributed by atoms with Gasteiger partial charge in [-0.15, -0.1) is 0 Å². The molecule has 0 aliphatic carbocycles. The molecule has 9 heteroatoms. The second-order valence-electron chi connectivity index (χ2n) is 10.1. The van der Waals surface area contributed by atoms with Crippen molar-refractivity contribution in [1.82, 2.24) is 25.4 Å². The maximum atomic E-state index is 13.6. The normalized spacial score (nSPS) is 16.7. The SMILES string of the molecule is O=C(NC1=CN=C(c2cccc(F)c2)CC1)c1n[nH]c2ccc(-c3cncc(CN4CCC(O)CC4)c3)cc12. The van der Waals surface area contributed by atoms with Crippen molar-refractivity contribution >= 4 is 22.5 Å². The van der Waals surface area contributed by atoms with E-state index in [2.05, 4.69) is 36.5 Å². The Balaban J connectivity index is 1.19. The molecule has 4 aromatic rings. The van der Waals surface area contributed by atoms with Gasteiger partial charge < -0.3 is 10.4 Å². The number of carbonyl (C=O) groups is 1. The number of allylic oxidation sites excluding steroid dienone is 1. The first-order valence-corrected chi connectivity index (χ1v) is 13.2. The van der Waals surface area contributed by atoms with Gasteiger partial charge in [-0.25, -0.2) is 4.39 Å². The molecule has 39 heavy (non-hydrogen) atoms. The molecule has 6 rings (SSSR count). The van der Waals surface area contributed by atoms with Crippen LogP contribution in [0.3, 0.4) is 0 Å². The van der Waals surface area contributed by atoms with E-state index in [0.29, 0.717) is 24.2 Å². The molecule has 2 aliphatic rings. The number of nitrogens with zero attached hydrogens (tertiary/aromatic N) is 4. The van der Waals surface area contributed by atoms with Crippen molar-refractivity contribution in [2.24, 2.45) is 4.99 Å². The number of nitrogens with one attached hydrogen (secondary N) is 2. The number of aliphatic hydroxyl groups excluding tert-OH is 1. The molecule has 198 valence electrons. The fraction of sp³-hybridized carbons (Fsp3) is 0.267. The highest BCUT2D eigenvalue weighted by molar-refractivity contribution is 6.06. The lowest BCUT2D eigenvalue weighted by Crippen LogP contribution is -2.35. The van der Waals surface area contributed by atoms with Gasteiger partial charge in [0.15, 0.2) is 5.69 Å².